The maximum atomic E-state index is 12.0. The van der Waals surface area contributed by atoms with E-state index in [1.54, 1.807) is 0 Å². The summed E-state index contributed by atoms with van der Waals surface area (Å²) in [6.45, 7) is 2.68. The van der Waals surface area contributed by atoms with E-state index in [4.69, 9.17) is 0 Å². The van der Waals surface area contributed by atoms with Gasteiger partial charge in [0.15, 0.2) is 9.84 Å². The van der Waals surface area contributed by atoms with Crippen LogP contribution >= 0.6 is 0 Å². The summed E-state index contributed by atoms with van der Waals surface area (Å²) in [5.41, 5.74) is 0. The van der Waals surface area contributed by atoms with Gasteiger partial charge in [0.2, 0.25) is 5.91 Å². The first-order chi connectivity index (χ1) is 8.99. The number of rotatable bonds is 3. The Morgan fingerprint density at radius 1 is 1.21 bits per heavy atom. The van der Waals surface area contributed by atoms with Gasteiger partial charge < -0.3 is 10.6 Å². The summed E-state index contributed by atoms with van der Waals surface area (Å²) in [5.74, 6) is -0.149. The molecule has 2 aliphatic heterocycles. The lowest BCUT2D eigenvalue weighted by molar-refractivity contribution is -0.121. The lowest BCUT2D eigenvalue weighted by atomic mass is 9.99. The molecule has 0 radical (unpaired) electrons. The SMILES string of the molecule is CC1CCCC(CNC(=O)C2CCCCS2(=O)=O)N1. The van der Waals surface area contributed by atoms with Crippen molar-refractivity contribution >= 4 is 15.7 Å². The third kappa shape index (κ3) is 3.92. The van der Waals surface area contributed by atoms with Crippen LogP contribution in [0.25, 0.3) is 0 Å². The molecule has 0 spiro atoms. The van der Waals surface area contributed by atoms with Crippen molar-refractivity contribution in [2.45, 2.75) is 62.8 Å². The molecule has 2 N–H and O–H groups in total. The van der Waals surface area contributed by atoms with E-state index in [0.717, 1.165) is 19.3 Å². The lowest BCUT2D eigenvalue weighted by Gasteiger charge is -2.29. The molecule has 2 heterocycles. The van der Waals surface area contributed by atoms with Crippen molar-refractivity contribution in [3.8, 4) is 0 Å². The van der Waals surface area contributed by atoms with Gasteiger partial charge in [-0.05, 0) is 32.6 Å². The van der Waals surface area contributed by atoms with Gasteiger partial charge in [-0.15, -0.1) is 0 Å². The molecule has 2 rings (SSSR count). The molecule has 3 atom stereocenters. The molecule has 2 fully saturated rings. The summed E-state index contributed by atoms with van der Waals surface area (Å²) >= 11 is 0. The Kier molecular flexibility index (Phi) is 4.84. The summed E-state index contributed by atoms with van der Waals surface area (Å²) in [6.07, 6.45) is 5.37. The van der Waals surface area contributed by atoms with Crippen LogP contribution in [0.15, 0.2) is 0 Å². The highest BCUT2D eigenvalue weighted by molar-refractivity contribution is 7.92. The molecule has 0 aliphatic carbocycles. The smallest absolute Gasteiger partial charge is 0.238 e. The highest BCUT2D eigenvalue weighted by Crippen LogP contribution is 2.19. The molecular weight excluding hydrogens is 264 g/mol. The van der Waals surface area contributed by atoms with Crippen LogP contribution in [0, 0.1) is 0 Å². The Bertz CT molecular complexity index is 422. The van der Waals surface area contributed by atoms with Crippen molar-refractivity contribution in [3.63, 3.8) is 0 Å². The van der Waals surface area contributed by atoms with Crippen molar-refractivity contribution in [2.24, 2.45) is 0 Å². The molecule has 110 valence electrons. The highest BCUT2D eigenvalue weighted by atomic mass is 32.2. The van der Waals surface area contributed by atoms with Crippen LogP contribution in [0.5, 0.6) is 0 Å². The Labute approximate surface area is 115 Å². The van der Waals surface area contributed by atoms with Gasteiger partial charge in [-0.2, -0.15) is 0 Å². The Balaban J connectivity index is 1.83. The van der Waals surface area contributed by atoms with Crippen LogP contribution < -0.4 is 10.6 Å². The maximum Gasteiger partial charge on any atom is 0.238 e. The van der Waals surface area contributed by atoms with E-state index in [9.17, 15) is 13.2 Å². The molecule has 0 aromatic heterocycles. The monoisotopic (exact) mass is 288 g/mol. The zero-order valence-corrected chi connectivity index (χ0v) is 12.3. The van der Waals surface area contributed by atoms with Crippen LogP contribution in [0.4, 0.5) is 0 Å². The second-order valence-corrected chi connectivity index (χ2v) is 8.10. The van der Waals surface area contributed by atoms with Gasteiger partial charge in [-0.3, -0.25) is 4.79 Å². The summed E-state index contributed by atoms with van der Waals surface area (Å²) in [6, 6.07) is 0.757. The van der Waals surface area contributed by atoms with E-state index in [-0.39, 0.29) is 17.7 Å². The van der Waals surface area contributed by atoms with Gasteiger partial charge in [0.1, 0.15) is 5.25 Å². The quantitative estimate of drug-likeness (QED) is 0.797. The van der Waals surface area contributed by atoms with Crippen LogP contribution in [0.1, 0.15) is 45.4 Å². The fraction of sp³-hybridized carbons (Fsp3) is 0.923. The first-order valence-corrected chi connectivity index (χ1v) is 8.96. The molecular formula is C13H24N2O3S. The van der Waals surface area contributed by atoms with Crippen molar-refractivity contribution < 1.29 is 13.2 Å². The third-order valence-corrected chi connectivity index (χ3v) is 6.28. The Morgan fingerprint density at radius 3 is 2.68 bits per heavy atom. The molecule has 5 nitrogen and oxygen atoms in total. The van der Waals surface area contributed by atoms with E-state index >= 15 is 0 Å². The van der Waals surface area contributed by atoms with Gasteiger partial charge in [0, 0.05) is 18.6 Å². The van der Waals surface area contributed by atoms with Crippen LogP contribution in [0.3, 0.4) is 0 Å². The predicted molar refractivity (Wildman–Crippen MR) is 74.7 cm³/mol. The van der Waals surface area contributed by atoms with E-state index in [1.807, 2.05) is 0 Å². The zero-order chi connectivity index (χ0) is 13.9. The van der Waals surface area contributed by atoms with Crippen LogP contribution in [0.2, 0.25) is 0 Å². The standard InChI is InChI=1S/C13H24N2O3S/c1-10-5-4-6-11(15-10)9-14-13(16)12-7-2-3-8-19(12,17)18/h10-12,15H,2-9H2,1H3,(H,14,16). The van der Waals surface area contributed by atoms with Crippen molar-refractivity contribution in [1.29, 1.82) is 0 Å². The molecule has 19 heavy (non-hydrogen) atoms. The molecule has 0 aromatic carbocycles. The first-order valence-electron chi connectivity index (χ1n) is 7.24. The summed E-state index contributed by atoms with van der Waals surface area (Å²) in [7, 11) is -3.22. The normalized spacial score (nSPS) is 34.7. The van der Waals surface area contributed by atoms with E-state index in [2.05, 4.69) is 17.6 Å². The van der Waals surface area contributed by atoms with Crippen molar-refractivity contribution in [3.05, 3.63) is 0 Å². The minimum Gasteiger partial charge on any atom is -0.353 e. The number of amides is 1. The highest BCUT2D eigenvalue weighted by Gasteiger charge is 2.34. The largest absolute Gasteiger partial charge is 0.353 e. The van der Waals surface area contributed by atoms with Crippen LogP contribution in [-0.4, -0.2) is 44.0 Å². The zero-order valence-electron chi connectivity index (χ0n) is 11.5. The van der Waals surface area contributed by atoms with Gasteiger partial charge in [0.25, 0.3) is 0 Å². The fourth-order valence-corrected chi connectivity index (χ4v) is 4.81. The molecule has 2 aliphatic rings. The minimum absolute atomic E-state index is 0.157. The number of hydrogen-bond donors (Lipinski definition) is 2. The number of nitrogens with one attached hydrogen (secondary N) is 2. The van der Waals surface area contributed by atoms with Gasteiger partial charge in [-0.1, -0.05) is 12.8 Å². The first kappa shape index (κ1) is 14.8. The number of carbonyl (C=O) groups excluding carboxylic acids is 1. The van der Waals surface area contributed by atoms with Gasteiger partial charge in [-0.25, -0.2) is 8.42 Å². The fourth-order valence-electron chi connectivity index (χ4n) is 2.99. The molecule has 0 aromatic rings. The average Bonchev–Trinajstić information content (AvgIpc) is 2.35. The lowest BCUT2D eigenvalue weighted by Crippen LogP contribution is -2.50. The predicted octanol–water partition coefficient (Wildman–Crippen LogP) is 0.601. The summed E-state index contributed by atoms with van der Waals surface area (Å²) in [4.78, 5) is 12.0. The van der Waals surface area contributed by atoms with E-state index < -0.39 is 15.1 Å². The maximum absolute atomic E-state index is 12.0. The van der Waals surface area contributed by atoms with Crippen molar-refractivity contribution in [2.75, 3.05) is 12.3 Å². The molecule has 6 heteroatoms. The summed E-state index contributed by atoms with van der Waals surface area (Å²) in [5, 5.41) is 5.43. The van der Waals surface area contributed by atoms with Gasteiger partial charge in [0.05, 0.1) is 5.75 Å². The van der Waals surface area contributed by atoms with Crippen molar-refractivity contribution in [1.82, 2.24) is 10.6 Å². The third-order valence-electron chi connectivity index (χ3n) is 4.10. The molecule has 2 saturated heterocycles. The second kappa shape index (κ2) is 6.22. The summed E-state index contributed by atoms with van der Waals surface area (Å²) < 4.78 is 23.7. The number of carbonyl (C=O) groups is 1. The Hall–Kier alpha value is -0.620. The number of sulfone groups is 1. The Morgan fingerprint density at radius 2 is 2.00 bits per heavy atom. The van der Waals surface area contributed by atoms with Crippen LogP contribution in [-0.2, 0) is 14.6 Å². The molecule has 0 saturated carbocycles. The second-order valence-electron chi connectivity index (χ2n) is 5.79. The average molecular weight is 288 g/mol. The topological polar surface area (TPSA) is 75.3 Å². The minimum atomic E-state index is -3.22. The van der Waals surface area contributed by atoms with E-state index in [1.165, 1.54) is 6.42 Å². The molecule has 0 bridgehead atoms. The number of hydrogen-bond acceptors (Lipinski definition) is 4. The molecule has 1 amide bonds. The van der Waals surface area contributed by atoms with Gasteiger partial charge >= 0.3 is 0 Å². The molecule has 3 unspecified atom stereocenters. The van der Waals surface area contributed by atoms with E-state index in [0.29, 0.717) is 25.4 Å². The number of piperidine rings is 1.